The lowest BCUT2D eigenvalue weighted by Gasteiger charge is -2.32. The highest BCUT2D eigenvalue weighted by Gasteiger charge is 2.37. The van der Waals surface area contributed by atoms with Gasteiger partial charge in [-0.25, -0.2) is 4.39 Å². The predicted molar refractivity (Wildman–Crippen MR) is 92.3 cm³/mol. The zero-order valence-electron chi connectivity index (χ0n) is 14.1. The highest BCUT2D eigenvalue weighted by molar-refractivity contribution is 5.83. The van der Waals surface area contributed by atoms with E-state index in [1.807, 2.05) is 16.9 Å². The first-order chi connectivity index (χ1) is 12.2. The summed E-state index contributed by atoms with van der Waals surface area (Å²) in [4.78, 5) is 15.2. The third-order valence-corrected chi connectivity index (χ3v) is 5.07. The Morgan fingerprint density at radius 2 is 2.08 bits per heavy atom. The summed E-state index contributed by atoms with van der Waals surface area (Å²) in [6, 6.07) is 8.44. The van der Waals surface area contributed by atoms with Crippen LogP contribution >= 0.6 is 0 Å². The van der Waals surface area contributed by atoms with Crippen LogP contribution in [0.5, 0.6) is 0 Å². The summed E-state index contributed by atoms with van der Waals surface area (Å²) >= 11 is 0. The average Bonchev–Trinajstić information content (AvgIpc) is 3.08. The van der Waals surface area contributed by atoms with Crippen molar-refractivity contribution in [2.45, 2.75) is 50.4 Å². The fourth-order valence-electron chi connectivity index (χ4n) is 3.66. The number of hydrogen-bond acceptors (Lipinski definition) is 3. The van der Waals surface area contributed by atoms with Crippen LogP contribution < -0.4 is 5.32 Å². The Morgan fingerprint density at radius 3 is 2.76 bits per heavy atom. The second-order valence-corrected chi connectivity index (χ2v) is 7.00. The SMILES string of the molecule is O=C(NC1CC1)[C@H](c1ccc(F)cc1)N1CCC[C@@H]1Cn1cccn1. The number of nitrogens with zero attached hydrogens (tertiary/aromatic N) is 3. The van der Waals surface area contributed by atoms with Crippen molar-refractivity contribution in [3.63, 3.8) is 0 Å². The van der Waals surface area contributed by atoms with Crippen molar-refractivity contribution < 1.29 is 9.18 Å². The van der Waals surface area contributed by atoms with Gasteiger partial charge in [-0.15, -0.1) is 0 Å². The molecule has 1 amide bonds. The highest BCUT2D eigenvalue weighted by atomic mass is 19.1. The molecule has 1 aromatic carbocycles. The van der Waals surface area contributed by atoms with Crippen LogP contribution in [0.4, 0.5) is 4.39 Å². The average molecular weight is 342 g/mol. The molecule has 2 aliphatic rings. The number of carbonyl (C=O) groups is 1. The molecule has 25 heavy (non-hydrogen) atoms. The van der Waals surface area contributed by atoms with Gasteiger partial charge in [0.15, 0.2) is 0 Å². The van der Waals surface area contributed by atoms with Gasteiger partial charge in [-0.2, -0.15) is 5.10 Å². The van der Waals surface area contributed by atoms with E-state index in [2.05, 4.69) is 15.3 Å². The van der Waals surface area contributed by atoms with Crippen LogP contribution in [0.25, 0.3) is 0 Å². The van der Waals surface area contributed by atoms with Crippen LogP contribution in [0.1, 0.15) is 37.3 Å². The number of benzene rings is 1. The summed E-state index contributed by atoms with van der Waals surface area (Å²) in [6.07, 6.45) is 7.93. The van der Waals surface area contributed by atoms with Crippen molar-refractivity contribution in [2.75, 3.05) is 6.54 Å². The largest absolute Gasteiger partial charge is 0.352 e. The van der Waals surface area contributed by atoms with Crippen LogP contribution in [-0.2, 0) is 11.3 Å². The van der Waals surface area contributed by atoms with Crippen LogP contribution in [0.15, 0.2) is 42.7 Å². The molecule has 6 heteroatoms. The summed E-state index contributed by atoms with van der Waals surface area (Å²) in [6.45, 7) is 1.63. The number of amides is 1. The predicted octanol–water partition coefficient (Wildman–Crippen LogP) is 2.51. The lowest BCUT2D eigenvalue weighted by atomic mass is 10.0. The monoisotopic (exact) mass is 342 g/mol. The van der Waals surface area contributed by atoms with E-state index in [-0.39, 0.29) is 23.8 Å². The molecule has 5 nitrogen and oxygen atoms in total. The Balaban J connectivity index is 1.59. The maximum absolute atomic E-state index is 13.4. The van der Waals surface area contributed by atoms with Crippen LogP contribution in [0, 0.1) is 5.82 Å². The highest BCUT2D eigenvalue weighted by Crippen LogP contribution is 2.32. The number of rotatable bonds is 6. The molecule has 1 aromatic heterocycles. The quantitative estimate of drug-likeness (QED) is 0.878. The van der Waals surface area contributed by atoms with E-state index in [0.717, 1.165) is 44.3 Å². The van der Waals surface area contributed by atoms with Crippen molar-refractivity contribution in [3.05, 3.63) is 54.1 Å². The minimum Gasteiger partial charge on any atom is -0.352 e. The Bertz CT molecular complexity index is 712. The van der Waals surface area contributed by atoms with Crippen LogP contribution in [-0.4, -0.2) is 39.2 Å². The van der Waals surface area contributed by atoms with Gasteiger partial charge >= 0.3 is 0 Å². The molecule has 2 aromatic rings. The van der Waals surface area contributed by atoms with E-state index in [9.17, 15) is 9.18 Å². The number of hydrogen-bond donors (Lipinski definition) is 1. The molecule has 0 spiro atoms. The molecule has 1 saturated carbocycles. The Hall–Kier alpha value is -2.21. The second kappa shape index (κ2) is 6.96. The minimum absolute atomic E-state index is 0.0291. The van der Waals surface area contributed by atoms with Gasteiger partial charge in [-0.3, -0.25) is 14.4 Å². The molecule has 1 aliphatic carbocycles. The van der Waals surface area contributed by atoms with Crippen molar-refractivity contribution in [1.29, 1.82) is 0 Å². The fourth-order valence-corrected chi connectivity index (χ4v) is 3.66. The molecule has 4 rings (SSSR count). The standard InChI is InChI=1S/C19H23FN4O/c20-15-6-4-14(5-7-15)18(19(25)22-16-8-9-16)24-12-1-3-17(24)13-23-11-2-10-21-23/h2,4-7,10-11,16-18H,1,3,8-9,12-13H2,(H,22,25)/t17-,18+/m1/s1. The summed E-state index contributed by atoms with van der Waals surface area (Å²) in [5.41, 5.74) is 0.854. The number of likely N-dealkylation sites (tertiary alicyclic amines) is 1. The van der Waals surface area contributed by atoms with Crippen LogP contribution in [0.3, 0.4) is 0 Å². The Kier molecular flexibility index (Phi) is 4.53. The van der Waals surface area contributed by atoms with E-state index < -0.39 is 0 Å². The molecular formula is C19H23FN4O. The molecule has 1 aliphatic heterocycles. The first-order valence-electron chi connectivity index (χ1n) is 9.00. The van der Waals surface area contributed by atoms with Gasteiger partial charge in [0.2, 0.25) is 5.91 Å². The zero-order valence-corrected chi connectivity index (χ0v) is 14.1. The molecular weight excluding hydrogens is 319 g/mol. The lowest BCUT2D eigenvalue weighted by Crippen LogP contribution is -2.44. The zero-order chi connectivity index (χ0) is 17.2. The van der Waals surface area contributed by atoms with Gasteiger partial charge in [0, 0.05) is 24.5 Å². The minimum atomic E-state index is -0.371. The van der Waals surface area contributed by atoms with Gasteiger partial charge in [-0.1, -0.05) is 12.1 Å². The van der Waals surface area contributed by atoms with Crippen molar-refractivity contribution in [3.8, 4) is 0 Å². The molecule has 2 fully saturated rings. The van der Waals surface area contributed by atoms with E-state index in [1.165, 1.54) is 12.1 Å². The number of halogens is 1. The molecule has 0 bridgehead atoms. The van der Waals surface area contributed by atoms with Gasteiger partial charge in [0.05, 0.1) is 6.54 Å². The van der Waals surface area contributed by atoms with E-state index in [4.69, 9.17) is 0 Å². The van der Waals surface area contributed by atoms with E-state index in [1.54, 1.807) is 18.3 Å². The van der Waals surface area contributed by atoms with Gasteiger partial charge in [-0.05, 0) is 56.0 Å². The molecule has 1 saturated heterocycles. The van der Waals surface area contributed by atoms with Crippen molar-refractivity contribution >= 4 is 5.91 Å². The molecule has 0 radical (unpaired) electrons. The Labute approximate surface area is 146 Å². The normalized spacial score (nSPS) is 22.0. The maximum Gasteiger partial charge on any atom is 0.242 e. The maximum atomic E-state index is 13.4. The van der Waals surface area contributed by atoms with Gasteiger partial charge < -0.3 is 5.32 Å². The summed E-state index contributed by atoms with van der Waals surface area (Å²) < 4.78 is 15.3. The second-order valence-electron chi connectivity index (χ2n) is 7.00. The van der Waals surface area contributed by atoms with Crippen molar-refractivity contribution in [2.24, 2.45) is 0 Å². The van der Waals surface area contributed by atoms with E-state index in [0.29, 0.717) is 6.04 Å². The summed E-state index contributed by atoms with van der Waals surface area (Å²) in [7, 11) is 0. The number of aromatic nitrogens is 2. The molecule has 2 atom stereocenters. The topological polar surface area (TPSA) is 50.2 Å². The third-order valence-electron chi connectivity index (χ3n) is 5.07. The Morgan fingerprint density at radius 1 is 1.28 bits per heavy atom. The smallest absolute Gasteiger partial charge is 0.242 e. The van der Waals surface area contributed by atoms with Crippen LogP contribution in [0.2, 0.25) is 0 Å². The number of carbonyl (C=O) groups excluding carboxylic acids is 1. The molecule has 0 unspecified atom stereocenters. The fraction of sp³-hybridized carbons (Fsp3) is 0.474. The first-order valence-corrected chi connectivity index (χ1v) is 9.00. The molecule has 1 N–H and O–H groups in total. The third kappa shape index (κ3) is 3.74. The van der Waals surface area contributed by atoms with E-state index >= 15 is 0 Å². The van der Waals surface area contributed by atoms with Gasteiger partial charge in [0.25, 0.3) is 0 Å². The summed E-state index contributed by atoms with van der Waals surface area (Å²) in [5, 5.41) is 7.43. The molecule has 2 heterocycles. The van der Waals surface area contributed by atoms with Gasteiger partial charge in [0.1, 0.15) is 11.9 Å². The lowest BCUT2D eigenvalue weighted by molar-refractivity contribution is -0.127. The summed E-state index contributed by atoms with van der Waals surface area (Å²) in [5.74, 6) is -0.249. The number of nitrogens with one attached hydrogen (secondary N) is 1. The first kappa shape index (κ1) is 16.3. The molecule has 132 valence electrons. The van der Waals surface area contributed by atoms with Crippen molar-refractivity contribution in [1.82, 2.24) is 20.0 Å².